The Morgan fingerprint density at radius 2 is 2.09 bits per heavy atom. The van der Waals surface area contributed by atoms with Gasteiger partial charge in [-0.1, -0.05) is 93.6 Å². The van der Waals surface area contributed by atoms with Crippen molar-refractivity contribution in [2.24, 2.45) is 4.99 Å². The Hall–Kier alpha value is -0.190. The molecule has 1 aliphatic heterocycles. The molecule has 0 spiro atoms. The summed E-state index contributed by atoms with van der Waals surface area (Å²) >= 11 is 19.9. The number of halogens is 4. The maximum absolute atomic E-state index is 5.90. The zero-order valence-corrected chi connectivity index (χ0v) is 16.5. The van der Waals surface area contributed by atoms with Gasteiger partial charge in [0.1, 0.15) is 6.10 Å². The highest BCUT2D eigenvalue weighted by molar-refractivity contribution is 14.1. The first kappa shape index (κ1) is 19.1. The van der Waals surface area contributed by atoms with Gasteiger partial charge in [0.25, 0.3) is 3.79 Å². The molecule has 0 aliphatic carbocycles. The smallest absolute Gasteiger partial charge is 0.266 e. The van der Waals surface area contributed by atoms with Gasteiger partial charge in [-0.2, -0.15) is 0 Å². The van der Waals surface area contributed by atoms with E-state index in [4.69, 9.17) is 50.7 Å². The lowest BCUT2D eigenvalue weighted by Gasteiger charge is -2.33. The van der Waals surface area contributed by atoms with Crippen molar-refractivity contribution in [3.05, 3.63) is 35.9 Å². The van der Waals surface area contributed by atoms with E-state index in [0.717, 1.165) is 9.99 Å². The molecule has 1 aromatic carbocycles. The van der Waals surface area contributed by atoms with Crippen LogP contribution in [0.5, 0.6) is 0 Å². The van der Waals surface area contributed by atoms with Gasteiger partial charge in [-0.3, -0.25) is 0 Å². The van der Waals surface area contributed by atoms with E-state index in [1.165, 1.54) is 0 Å². The molecule has 0 amide bonds. The summed E-state index contributed by atoms with van der Waals surface area (Å²) in [6, 6.07) is 9.76. The van der Waals surface area contributed by atoms with Crippen LogP contribution in [-0.4, -0.2) is 32.4 Å². The molecule has 2 rings (SSSR count). The summed E-state index contributed by atoms with van der Waals surface area (Å²) in [5.41, 5.74) is 1.03. The number of rotatable bonds is 5. The number of nitrogens with zero attached hydrogens (tertiary/aromatic N) is 1. The first-order chi connectivity index (χ1) is 10.9. The molecule has 0 unspecified atom stereocenters. The van der Waals surface area contributed by atoms with Crippen molar-refractivity contribution in [1.82, 2.24) is 0 Å². The maximum Gasteiger partial charge on any atom is 0.266 e. The Kier molecular flexibility index (Phi) is 7.30. The zero-order valence-electron chi connectivity index (χ0n) is 12.1. The van der Waals surface area contributed by atoms with Crippen LogP contribution >= 0.6 is 57.4 Å². The van der Waals surface area contributed by atoms with Crippen LogP contribution in [0.3, 0.4) is 0 Å². The highest BCUT2D eigenvalue weighted by Gasteiger charge is 2.39. The van der Waals surface area contributed by atoms with Crippen molar-refractivity contribution in [3.8, 4) is 12.3 Å². The van der Waals surface area contributed by atoms with Crippen LogP contribution in [0.25, 0.3) is 0 Å². The van der Waals surface area contributed by atoms with E-state index >= 15 is 0 Å². The molecular formula is C16H15Cl3INO2. The topological polar surface area (TPSA) is 30.8 Å². The zero-order chi connectivity index (χ0) is 16.9. The third-order valence-corrected chi connectivity index (χ3v) is 4.76. The largest absolute Gasteiger partial charge is 0.471 e. The average Bonchev–Trinajstić information content (AvgIpc) is 2.55. The van der Waals surface area contributed by atoms with Crippen molar-refractivity contribution >= 4 is 63.3 Å². The second kappa shape index (κ2) is 8.77. The summed E-state index contributed by atoms with van der Waals surface area (Å²) in [4.78, 5) is 4.32. The fourth-order valence-electron chi connectivity index (χ4n) is 2.15. The Bertz CT molecular complexity index is 583. The van der Waals surface area contributed by atoms with Crippen molar-refractivity contribution in [2.75, 3.05) is 4.43 Å². The number of hydrogen-bond donors (Lipinski definition) is 0. The van der Waals surface area contributed by atoms with Crippen LogP contribution in [0.15, 0.2) is 35.3 Å². The van der Waals surface area contributed by atoms with Gasteiger partial charge in [0.15, 0.2) is 6.10 Å². The minimum atomic E-state index is -1.71. The Morgan fingerprint density at radius 1 is 1.39 bits per heavy atom. The predicted molar refractivity (Wildman–Crippen MR) is 104 cm³/mol. The summed E-state index contributed by atoms with van der Waals surface area (Å²) in [7, 11) is 0. The van der Waals surface area contributed by atoms with Gasteiger partial charge in [0.05, 0.1) is 12.6 Å². The molecule has 124 valence electrons. The fourth-order valence-corrected chi connectivity index (χ4v) is 2.99. The monoisotopic (exact) mass is 485 g/mol. The van der Waals surface area contributed by atoms with Crippen molar-refractivity contribution in [3.63, 3.8) is 0 Å². The SMILES string of the molecule is C#C[C@@H](OCc1ccccc1)[C@H]1C[C@@H](CI)N=C(C(Cl)(Cl)Cl)O1. The molecule has 0 fully saturated rings. The number of ether oxygens (including phenoxy) is 2. The highest BCUT2D eigenvalue weighted by Crippen LogP contribution is 2.33. The van der Waals surface area contributed by atoms with E-state index in [1.807, 2.05) is 30.3 Å². The van der Waals surface area contributed by atoms with Gasteiger partial charge in [0.2, 0.25) is 5.90 Å². The van der Waals surface area contributed by atoms with Gasteiger partial charge in [-0.05, 0) is 5.56 Å². The maximum atomic E-state index is 5.90. The normalized spacial score (nSPS) is 22.7. The molecule has 1 aromatic rings. The number of benzene rings is 1. The second-order valence-electron chi connectivity index (χ2n) is 5.02. The molecule has 0 N–H and O–H groups in total. The summed E-state index contributed by atoms with van der Waals surface area (Å²) in [5, 5.41) is 0. The van der Waals surface area contributed by atoms with E-state index in [-0.39, 0.29) is 11.9 Å². The number of alkyl halides is 4. The summed E-state index contributed by atoms with van der Waals surface area (Å²) in [5.74, 6) is 2.70. The molecule has 1 aliphatic rings. The molecular weight excluding hydrogens is 471 g/mol. The summed E-state index contributed by atoms with van der Waals surface area (Å²) in [6.07, 6.45) is 5.30. The molecule has 0 saturated heterocycles. The Labute approximate surface area is 164 Å². The van der Waals surface area contributed by atoms with Gasteiger partial charge in [0, 0.05) is 10.8 Å². The number of aliphatic imine (C=N–C) groups is 1. The standard InChI is InChI=1S/C16H15Cl3INO2/c1-2-13(22-10-11-6-4-3-5-7-11)14-8-12(9-20)21-15(23-14)16(17,18)19/h1,3-7,12-14H,8-10H2/t12-,13+,14+/m0/s1. The molecule has 7 heteroatoms. The lowest BCUT2D eigenvalue weighted by Crippen LogP contribution is -2.43. The minimum Gasteiger partial charge on any atom is -0.471 e. The molecule has 0 bridgehead atoms. The third kappa shape index (κ3) is 5.68. The van der Waals surface area contributed by atoms with E-state index < -0.39 is 16.0 Å². The molecule has 23 heavy (non-hydrogen) atoms. The van der Waals surface area contributed by atoms with Gasteiger partial charge in [-0.15, -0.1) is 6.42 Å². The van der Waals surface area contributed by atoms with Crippen LogP contribution in [0, 0.1) is 12.3 Å². The van der Waals surface area contributed by atoms with E-state index in [1.54, 1.807) is 0 Å². The molecule has 0 aromatic heterocycles. The average molecular weight is 487 g/mol. The quantitative estimate of drug-likeness (QED) is 0.347. The molecule has 0 radical (unpaired) electrons. The van der Waals surface area contributed by atoms with Crippen LogP contribution < -0.4 is 0 Å². The van der Waals surface area contributed by atoms with Crippen molar-refractivity contribution < 1.29 is 9.47 Å². The van der Waals surface area contributed by atoms with E-state index in [0.29, 0.717) is 13.0 Å². The molecule has 3 nitrogen and oxygen atoms in total. The minimum absolute atomic E-state index is 0.0175. The third-order valence-electron chi connectivity index (χ3n) is 3.26. The Balaban J connectivity index is 2.06. The van der Waals surface area contributed by atoms with Gasteiger partial charge >= 0.3 is 0 Å². The predicted octanol–water partition coefficient (Wildman–Crippen LogP) is 4.57. The fraction of sp³-hybridized carbons (Fsp3) is 0.438. The van der Waals surface area contributed by atoms with Gasteiger partial charge in [-0.25, -0.2) is 4.99 Å². The molecule has 1 heterocycles. The van der Waals surface area contributed by atoms with Crippen molar-refractivity contribution in [2.45, 2.75) is 35.1 Å². The lowest BCUT2D eigenvalue weighted by atomic mass is 10.0. The van der Waals surface area contributed by atoms with Crippen LogP contribution in [0.1, 0.15) is 12.0 Å². The van der Waals surface area contributed by atoms with Crippen LogP contribution in [0.4, 0.5) is 0 Å². The Morgan fingerprint density at radius 3 is 2.65 bits per heavy atom. The number of hydrogen-bond acceptors (Lipinski definition) is 3. The second-order valence-corrected chi connectivity index (χ2v) is 8.18. The van der Waals surface area contributed by atoms with Crippen molar-refractivity contribution in [1.29, 1.82) is 0 Å². The summed E-state index contributed by atoms with van der Waals surface area (Å²) < 4.78 is 10.6. The first-order valence-corrected chi connectivity index (χ1v) is 9.59. The number of terminal acetylenes is 1. The van der Waals surface area contributed by atoms with E-state index in [2.05, 4.69) is 33.5 Å². The molecule has 0 saturated carbocycles. The van der Waals surface area contributed by atoms with Crippen LogP contribution in [0.2, 0.25) is 0 Å². The highest BCUT2D eigenvalue weighted by atomic mass is 127. The lowest BCUT2D eigenvalue weighted by molar-refractivity contribution is -0.0175. The van der Waals surface area contributed by atoms with Crippen LogP contribution in [-0.2, 0) is 16.1 Å². The summed E-state index contributed by atoms with van der Waals surface area (Å²) in [6.45, 7) is 0.394. The molecule has 3 atom stereocenters. The van der Waals surface area contributed by atoms with Gasteiger partial charge < -0.3 is 9.47 Å². The first-order valence-electron chi connectivity index (χ1n) is 6.93. The van der Waals surface area contributed by atoms with E-state index in [9.17, 15) is 0 Å².